The van der Waals surface area contributed by atoms with Crippen molar-refractivity contribution in [2.75, 3.05) is 13.1 Å². The van der Waals surface area contributed by atoms with Crippen molar-refractivity contribution in [3.8, 4) is 0 Å². The van der Waals surface area contributed by atoms with Crippen LogP contribution in [0.5, 0.6) is 0 Å². The van der Waals surface area contributed by atoms with Crippen molar-refractivity contribution in [2.24, 2.45) is 5.92 Å². The third-order valence-corrected chi connectivity index (χ3v) is 4.73. The summed E-state index contributed by atoms with van der Waals surface area (Å²) in [5, 5.41) is 4.53. The van der Waals surface area contributed by atoms with Gasteiger partial charge in [-0.25, -0.2) is 0 Å². The number of carbonyl (C=O) groups excluding carboxylic acids is 1. The molecule has 1 aromatic rings. The predicted molar refractivity (Wildman–Crippen MR) is 76.4 cm³/mol. The van der Waals surface area contributed by atoms with Crippen LogP contribution in [-0.4, -0.2) is 29.9 Å². The second kappa shape index (κ2) is 5.31. The third kappa shape index (κ3) is 2.60. The van der Waals surface area contributed by atoms with Gasteiger partial charge in [-0.15, -0.1) is 0 Å². The van der Waals surface area contributed by atoms with Gasteiger partial charge in [0.25, 0.3) is 0 Å². The topological polar surface area (TPSA) is 32.3 Å². The average Bonchev–Trinajstić information content (AvgIpc) is 2.72. The van der Waals surface area contributed by atoms with E-state index in [1.807, 2.05) is 17.0 Å². The zero-order chi connectivity index (χ0) is 13.4. The number of nitrogens with zero attached hydrogens (tertiary/aromatic N) is 1. The van der Waals surface area contributed by atoms with Gasteiger partial charge in [0.1, 0.15) is 0 Å². The fourth-order valence-corrected chi connectivity index (χ4v) is 3.32. The van der Waals surface area contributed by atoms with Gasteiger partial charge in [-0.2, -0.15) is 0 Å². The Hall–Kier alpha value is -0.770. The first-order valence-electron chi connectivity index (χ1n) is 6.61. The number of benzene rings is 1. The van der Waals surface area contributed by atoms with Crippen LogP contribution >= 0.6 is 23.2 Å². The van der Waals surface area contributed by atoms with E-state index in [2.05, 4.69) is 5.32 Å². The van der Waals surface area contributed by atoms with Crippen molar-refractivity contribution in [2.45, 2.75) is 25.4 Å². The number of amides is 1. The lowest BCUT2D eigenvalue weighted by Gasteiger charge is -2.23. The van der Waals surface area contributed by atoms with Crippen LogP contribution in [0.2, 0.25) is 10.0 Å². The minimum atomic E-state index is 0.163. The molecule has 0 aromatic heterocycles. The maximum atomic E-state index is 12.3. The molecule has 2 aliphatic rings. The Morgan fingerprint density at radius 3 is 2.89 bits per heavy atom. The predicted octanol–water partition coefficient (Wildman–Crippen LogP) is 2.70. The van der Waals surface area contributed by atoms with E-state index in [0.29, 0.717) is 22.6 Å². The molecule has 2 saturated heterocycles. The van der Waals surface area contributed by atoms with Crippen molar-refractivity contribution in [3.05, 3.63) is 33.8 Å². The SMILES string of the molecule is O=C1C2CCCNC2CN1Cc1ccc(Cl)c(Cl)c1. The largest absolute Gasteiger partial charge is 0.336 e. The molecule has 2 heterocycles. The Morgan fingerprint density at radius 2 is 2.16 bits per heavy atom. The van der Waals surface area contributed by atoms with Gasteiger partial charge in [-0.3, -0.25) is 4.79 Å². The van der Waals surface area contributed by atoms with Gasteiger partial charge in [0, 0.05) is 19.1 Å². The van der Waals surface area contributed by atoms with E-state index in [1.165, 1.54) is 0 Å². The molecule has 0 bridgehead atoms. The van der Waals surface area contributed by atoms with Gasteiger partial charge in [0.2, 0.25) is 5.91 Å². The number of halogens is 2. The van der Waals surface area contributed by atoms with Crippen LogP contribution in [0.4, 0.5) is 0 Å². The lowest BCUT2D eigenvalue weighted by atomic mass is 9.94. The smallest absolute Gasteiger partial charge is 0.227 e. The van der Waals surface area contributed by atoms with E-state index < -0.39 is 0 Å². The minimum Gasteiger partial charge on any atom is -0.336 e. The summed E-state index contributed by atoms with van der Waals surface area (Å²) in [6.07, 6.45) is 2.10. The van der Waals surface area contributed by atoms with E-state index in [9.17, 15) is 4.79 Å². The molecular weight excluding hydrogens is 283 g/mol. The van der Waals surface area contributed by atoms with E-state index in [1.54, 1.807) is 6.07 Å². The number of hydrogen-bond acceptors (Lipinski definition) is 2. The molecular formula is C14H16Cl2N2O. The third-order valence-electron chi connectivity index (χ3n) is 3.99. The summed E-state index contributed by atoms with van der Waals surface area (Å²) in [5.41, 5.74) is 1.03. The molecule has 0 aliphatic carbocycles. The van der Waals surface area contributed by atoms with Crippen molar-refractivity contribution in [3.63, 3.8) is 0 Å². The van der Waals surface area contributed by atoms with Crippen LogP contribution in [-0.2, 0) is 11.3 Å². The highest BCUT2D eigenvalue weighted by molar-refractivity contribution is 6.42. The molecule has 0 saturated carbocycles. The number of piperidine rings is 1. The highest BCUT2D eigenvalue weighted by Gasteiger charge is 2.41. The normalized spacial score (nSPS) is 26.6. The zero-order valence-electron chi connectivity index (χ0n) is 10.5. The van der Waals surface area contributed by atoms with Crippen molar-refractivity contribution in [1.29, 1.82) is 0 Å². The van der Waals surface area contributed by atoms with Gasteiger partial charge in [0.15, 0.2) is 0 Å². The molecule has 0 spiro atoms. The van der Waals surface area contributed by atoms with Crippen molar-refractivity contribution < 1.29 is 4.79 Å². The number of likely N-dealkylation sites (tertiary alicyclic amines) is 1. The summed E-state index contributed by atoms with van der Waals surface area (Å²) in [5.74, 6) is 0.430. The summed E-state index contributed by atoms with van der Waals surface area (Å²) in [6.45, 7) is 2.43. The summed E-state index contributed by atoms with van der Waals surface area (Å²) >= 11 is 11.9. The van der Waals surface area contributed by atoms with E-state index in [0.717, 1.165) is 31.5 Å². The van der Waals surface area contributed by atoms with Crippen LogP contribution in [0, 0.1) is 5.92 Å². The van der Waals surface area contributed by atoms with Crippen LogP contribution < -0.4 is 5.32 Å². The molecule has 3 rings (SSSR count). The zero-order valence-corrected chi connectivity index (χ0v) is 12.0. The first-order chi connectivity index (χ1) is 9.15. The highest BCUT2D eigenvalue weighted by atomic mass is 35.5. The fourth-order valence-electron chi connectivity index (χ4n) is 3.00. The molecule has 0 radical (unpaired) electrons. The Kier molecular flexibility index (Phi) is 3.70. The number of nitrogens with one attached hydrogen (secondary N) is 1. The first kappa shape index (κ1) is 13.2. The van der Waals surface area contributed by atoms with Crippen molar-refractivity contribution >= 4 is 29.1 Å². The molecule has 2 aliphatic heterocycles. The fraction of sp³-hybridized carbons (Fsp3) is 0.500. The molecule has 102 valence electrons. The molecule has 1 amide bonds. The summed E-state index contributed by atoms with van der Waals surface area (Å²) in [6, 6.07) is 5.87. The monoisotopic (exact) mass is 298 g/mol. The Morgan fingerprint density at radius 1 is 1.32 bits per heavy atom. The van der Waals surface area contributed by atoms with E-state index in [4.69, 9.17) is 23.2 Å². The number of carbonyl (C=O) groups is 1. The highest BCUT2D eigenvalue weighted by Crippen LogP contribution is 2.29. The molecule has 2 unspecified atom stereocenters. The van der Waals surface area contributed by atoms with Gasteiger partial charge < -0.3 is 10.2 Å². The van der Waals surface area contributed by atoms with E-state index >= 15 is 0 Å². The molecule has 2 fully saturated rings. The molecule has 1 aromatic carbocycles. The number of rotatable bonds is 2. The van der Waals surface area contributed by atoms with Gasteiger partial charge in [-0.05, 0) is 37.1 Å². The van der Waals surface area contributed by atoms with Gasteiger partial charge in [-0.1, -0.05) is 29.3 Å². The first-order valence-corrected chi connectivity index (χ1v) is 7.37. The summed E-state index contributed by atoms with van der Waals surface area (Å²) < 4.78 is 0. The summed E-state index contributed by atoms with van der Waals surface area (Å²) in [4.78, 5) is 14.2. The molecule has 1 N–H and O–H groups in total. The standard InChI is InChI=1S/C14H16Cl2N2O/c15-11-4-3-9(6-12(11)16)7-18-8-13-10(14(18)19)2-1-5-17-13/h3-4,6,10,13,17H,1-2,5,7-8H2. The summed E-state index contributed by atoms with van der Waals surface area (Å²) in [7, 11) is 0. The molecule has 2 atom stereocenters. The van der Waals surface area contributed by atoms with Gasteiger partial charge >= 0.3 is 0 Å². The van der Waals surface area contributed by atoms with E-state index in [-0.39, 0.29) is 11.8 Å². The Balaban J connectivity index is 1.73. The quantitative estimate of drug-likeness (QED) is 0.910. The van der Waals surface area contributed by atoms with Crippen LogP contribution in [0.25, 0.3) is 0 Å². The lowest BCUT2D eigenvalue weighted by molar-refractivity contribution is -0.131. The number of hydrogen-bond donors (Lipinski definition) is 1. The van der Waals surface area contributed by atoms with Crippen LogP contribution in [0.15, 0.2) is 18.2 Å². The molecule has 19 heavy (non-hydrogen) atoms. The molecule has 3 nitrogen and oxygen atoms in total. The second-order valence-corrected chi connectivity index (χ2v) is 6.09. The second-order valence-electron chi connectivity index (χ2n) is 5.28. The Bertz CT molecular complexity index is 506. The molecule has 5 heteroatoms. The average molecular weight is 299 g/mol. The van der Waals surface area contributed by atoms with Crippen molar-refractivity contribution in [1.82, 2.24) is 10.2 Å². The Labute approximate surface area is 122 Å². The maximum Gasteiger partial charge on any atom is 0.227 e. The maximum absolute atomic E-state index is 12.3. The van der Waals surface area contributed by atoms with Crippen LogP contribution in [0.1, 0.15) is 18.4 Å². The van der Waals surface area contributed by atoms with Crippen LogP contribution in [0.3, 0.4) is 0 Å². The lowest BCUT2D eigenvalue weighted by Crippen LogP contribution is -2.41. The minimum absolute atomic E-state index is 0.163. The number of fused-ring (bicyclic) bond motifs is 1. The van der Waals surface area contributed by atoms with Gasteiger partial charge in [0.05, 0.1) is 16.0 Å².